The molecular formula is C9H13NO4. The normalized spacial score (nSPS) is 15.6. The van der Waals surface area contributed by atoms with Crippen LogP contribution >= 0.6 is 0 Å². The lowest BCUT2D eigenvalue weighted by atomic mass is 10.2. The maximum atomic E-state index is 11.3. The lowest BCUT2D eigenvalue weighted by molar-refractivity contribution is -0.133. The van der Waals surface area contributed by atoms with E-state index in [-0.39, 0.29) is 12.1 Å². The molecule has 0 radical (unpaired) electrons. The van der Waals surface area contributed by atoms with E-state index < -0.39 is 17.7 Å². The minimum atomic E-state index is -0.996. The first-order valence-electron chi connectivity index (χ1n) is 4.23. The Morgan fingerprint density at radius 2 is 2.00 bits per heavy atom. The monoisotopic (exact) mass is 199 g/mol. The molecule has 0 bridgehead atoms. The molecule has 0 saturated carbocycles. The molecule has 0 atom stereocenters. The number of rotatable bonds is 1. The zero-order valence-corrected chi connectivity index (χ0v) is 8.40. The molecule has 0 spiro atoms. The van der Waals surface area contributed by atoms with E-state index in [4.69, 9.17) is 9.84 Å². The van der Waals surface area contributed by atoms with E-state index in [1.165, 1.54) is 11.1 Å². The quantitative estimate of drug-likeness (QED) is 0.689. The summed E-state index contributed by atoms with van der Waals surface area (Å²) in [6.07, 6.45) is 0.763. The molecule has 0 saturated heterocycles. The second-order valence-corrected chi connectivity index (χ2v) is 4.07. The van der Waals surface area contributed by atoms with E-state index in [1.807, 2.05) is 0 Å². The topological polar surface area (TPSA) is 66.8 Å². The molecule has 1 aliphatic heterocycles. The number of nitrogens with zero attached hydrogens (tertiary/aromatic N) is 1. The van der Waals surface area contributed by atoms with Gasteiger partial charge in [-0.2, -0.15) is 0 Å². The highest BCUT2D eigenvalue weighted by atomic mass is 16.6. The first-order chi connectivity index (χ1) is 6.29. The van der Waals surface area contributed by atoms with Gasteiger partial charge in [-0.3, -0.25) is 4.90 Å². The van der Waals surface area contributed by atoms with Crippen LogP contribution in [-0.2, 0) is 9.53 Å². The molecule has 14 heavy (non-hydrogen) atoms. The number of amides is 1. The predicted octanol–water partition coefficient (Wildman–Crippen LogP) is 1.21. The third-order valence-corrected chi connectivity index (χ3v) is 1.56. The Balaban J connectivity index is 2.49. The van der Waals surface area contributed by atoms with Gasteiger partial charge in [-0.1, -0.05) is 0 Å². The fourth-order valence-corrected chi connectivity index (χ4v) is 0.906. The van der Waals surface area contributed by atoms with E-state index >= 15 is 0 Å². The van der Waals surface area contributed by atoms with Gasteiger partial charge in [0, 0.05) is 6.20 Å². The van der Waals surface area contributed by atoms with E-state index in [0.717, 1.165) is 0 Å². The standard InChI is InChI=1S/C9H13NO4/c1-9(2,3)14-8(13)10-4-6(5-10)7(11)12/h4H,5H2,1-3H3,(H,11,12). The summed E-state index contributed by atoms with van der Waals surface area (Å²) < 4.78 is 5.02. The van der Waals surface area contributed by atoms with Gasteiger partial charge in [-0.25, -0.2) is 9.59 Å². The summed E-state index contributed by atoms with van der Waals surface area (Å²) in [6, 6.07) is 0. The maximum Gasteiger partial charge on any atom is 0.414 e. The summed E-state index contributed by atoms with van der Waals surface area (Å²) >= 11 is 0. The number of carbonyl (C=O) groups excluding carboxylic acids is 1. The number of carboxylic acids is 1. The predicted molar refractivity (Wildman–Crippen MR) is 48.7 cm³/mol. The van der Waals surface area contributed by atoms with Crippen LogP contribution in [0.5, 0.6) is 0 Å². The van der Waals surface area contributed by atoms with Gasteiger partial charge >= 0.3 is 12.1 Å². The lowest BCUT2D eigenvalue weighted by Crippen LogP contribution is -2.41. The number of hydrogen-bond donors (Lipinski definition) is 1. The van der Waals surface area contributed by atoms with Gasteiger partial charge in [-0.05, 0) is 20.8 Å². The molecule has 0 unspecified atom stereocenters. The van der Waals surface area contributed by atoms with Gasteiger partial charge < -0.3 is 9.84 Å². The molecule has 0 aromatic heterocycles. The van der Waals surface area contributed by atoms with Crippen molar-refractivity contribution in [3.05, 3.63) is 11.8 Å². The molecule has 0 aromatic rings. The molecular weight excluding hydrogens is 186 g/mol. The Hall–Kier alpha value is -1.52. The fraction of sp³-hybridized carbons (Fsp3) is 0.556. The molecule has 0 aromatic carbocycles. The van der Waals surface area contributed by atoms with Crippen molar-refractivity contribution in [3.63, 3.8) is 0 Å². The number of aliphatic carboxylic acids is 1. The van der Waals surface area contributed by atoms with Crippen LogP contribution in [0.3, 0.4) is 0 Å². The molecule has 78 valence electrons. The molecule has 1 heterocycles. The second-order valence-electron chi connectivity index (χ2n) is 4.07. The molecule has 1 N–H and O–H groups in total. The summed E-state index contributed by atoms with van der Waals surface area (Å²) in [7, 11) is 0. The molecule has 1 rings (SSSR count). The van der Waals surface area contributed by atoms with Gasteiger partial charge in [0.2, 0.25) is 0 Å². The summed E-state index contributed by atoms with van der Waals surface area (Å²) in [5.41, 5.74) is -0.333. The Labute approximate surface area is 82.0 Å². The van der Waals surface area contributed by atoms with Gasteiger partial charge in [-0.15, -0.1) is 0 Å². The highest BCUT2D eigenvalue weighted by molar-refractivity contribution is 5.91. The minimum absolute atomic E-state index is 0.115. The fourth-order valence-electron chi connectivity index (χ4n) is 0.906. The lowest BCUT2D eigenvalue weighted by Gasteiger charge is -2.30. The van der Waals surface area contributed by atoms with Crippen molar-refractivity contribution in [1.82, 2.24) is 4.90 Å². The summed E-state index contributed by atoms with van der Waals surface area (Å²) in [5.74, 6) is -0.996. The summed E-state index contributed by atoms with van der Waals surface area (Å²) in [4.78, 5) is 22.9. The number of hydrogen-bond acceptors (Lipinski definition) is 3. The molecule has 0 aliphatic carbocycles. The van der Waals surface area contributed by atoms with Gasteiger partial charge in [0.05, 0.1) is 12.1 Å². The van der Waals surface area contributed by atoms with Crippen LogP contribution in [0.4, 0.5) is 4.79 Å². The largest absolute Gasteiger partial charge is 0.478 e. The molecule has 1 aliphatic rings. The number of carbonyl (C=O) groups is 2. The van der Waals surface area contributed by atoms with E-state index in [0.29, 0.717) is 0 Å². The maximum absolute atomic E-state index is 11.3. The van der Waals surface area contributed by atoms with Crippen molar-refractivity contribution in [2.75, 3.05) is 6.54 Å². The highest BCUT2D eigenvalue weighted by Crippen LogP contribution is 2.17. The Morgan fingerprint density at radius 1 is 1.50 bits per heavy atom. The smallest absolute Gasteiger partial charge is 0.414 e. The average Bonchev–Trinajstić information content (AvgIpc) is 1.75. The number of ether oxygens (including phenoxy) is 1. The van der Waals surface area contributed by atoms with Crippen LogP contribution in [0.15, 0.2) is 11.8 Å². The highest BCUT2D eigenvalue weighted by Gasteiger charge is 2.29. The van der Waals surface area contributed by atoms with Crippen molar-refractivity contribution >= 4 is 12.1 Å². The van der Waals surface area contributed by atoms with E-state index in [1.54, 1.807) is 20.8 Å². The average molecular weight is 199 g/mol. The third kappa shape index (κ3) is 2.48. The van der Waals surface area contributed by atoms with Crippen LogP contribution in [-0.4, -0.2) is 34.2 Å². The first-order valence-corrected chi connectivity index (χ1v) is 4.23. The minimum Gasteiger partial charge on any atom is -0.478 e. The van der Waals surface area contributed by atoms with Gasteiger partial charge in [0.1, 0.15) is 5.60 Å². The number of carboxylic acid groups (broad SMARTS) is 1. The second kappa shape index (κ2) is 3.32. The Bertz CT molecular complexity index is 300. The van der Waals surface area contributed by atoms with Gasteiger partial charge in [0.25, 0.3) is 0 Å². The zero-order chi connectivity index (χ0) is 10.9. The van der Waals surface area contributed by atoms with Crippen LogP contribution < -0.4 is 0 Å². The molecule has 5 nitrogen and oxygen atoms in total. The Morgan fingerprint density at radius 3 is 2.36 bits per heavy atom. The van der Waals surface area contributed by atoms with Crippen LogP contribution in [0.1, 0.15) is 20.8 Å². The van der Waals surface area contributed by atoms with Crippen molar-refractivity contribution in [1.29, 1.82) is 0 Å². The van der Waals surface area contributed by atoms with Crippen molar-refractivity contribution in [3.8, 4) is 0 Å². The van der Waals surface area contributed by atoms with Crippen LogP contribution in [0.2, 0.25) is 0 Å². The third-order valence-electron chi connectivity index (χ3n) is 1.56. The van der Waals surface area contributed by atoms with Crippen molar-refractivity contribution in [2.24, 2.45) is 0 Å². The van der Waals surface area contributed by atoms with Crippen LogP contribution in [0, 0.1) is 0 Å². The van der Waals surface area contributed by atoms with Crippen LogP contribution in [0.25, 0.3) is 0 Å². The van der Waals surface area contributed by atoms with E-state index in [9.17, 15) is 9.59 Å². The molecule has 1 amide bonds. The molecule has 0 fully saturated rings. The Kier molecular flexibility index (Phi) is 2.51. The SMILES string of the molecule is CC(C)(C)OC(=O)N1C=C(C(=O)O)C1. The van der Waals surface area contributed by atoms with Crippen molar-refractivity contribution in [2.45, 2.75) is 26.4 Å². The van der Waals surface area contributed by atoms with Crippen molar-refractivity contribution < 1.29 is 19.4 Å². The first kappa shape index (κ1) is 10.6. The zero-order valence-electron chi connectivity index (χ0n) is 8.40. The summed E-state index contributed by atoms with van der Waals surface area (Å²) in [6.45, 7) is 5.38. The molecule has 5 heteroatoms. The van der Waals surface area contributed by atoms with Gasteiger partial charge in [0.15, 0.2) is 0 Å². The van der Waals surface area contributed by atoms with E-state index in [2.05, 4.69) is 0 Å². The summed E-state index contributed by atoms with van der Waals surface area (Å²) in [5, 5.41) is 8.52.